The summed E-state index contributed by atoms with van der Waals surface area (Å²) in [5.74, 6) is -0.729. The second-order valence-corrected chi connectivity index (χ2v) is 6.03. The average Bonchev–Trinajstić information content (AvgIpc) is 2.56. The highest BCUT2D eigenvalue weighted by Gasteiger charge is 2.17. The van der Waals surface area contributed by atoms with Crippen molar-refractivity contribution in [3.8, 4) is 0 Å². The third-order valence-corrected chi connectivity index (χ3v) is 3.78. The highest BCUT2D eigenvalue weighted by Crippen LogP contribution is 2.14. The number of esters is 1. The molecule has 0 spiro atoms. The Balaban J connectivity index is 1.78. The van der Waals surface area contributed by atoms with Crippen LogP contribution in [-0.4, -0.2) is 18.0 Å². The predicted molar refractivity (Wildman–Crippen MR) is 93.1 cm³/mol. The predicted octanol–water partition coefficient (Wildman–Crippen LogP) is 3.95. The largest absolute Gasteiger partial charge is 0.453 e. The van der Waals surface area contributed by atoms with Gasteiger partial charge in [-0.3, -0.25) is 9.59 Å². The van der Waals surface area contributed by atoms with Crippen molar-refractivity contribution in [1.29, 1.82) is 0 Å². The molecule has 2 aromatic carbocycles. The number of ether oxygens (including phenoxy) is 1. The third-order valence-electron chi connectivity index (χ3n) is 3.25. The summed E-state index contributed by atoms with van der Waals surface area (Å²) in [6.45, 7) is 1.56. The molecule has 1 amide bonds. The molecule has 5 heteroatoms. The van der Waals surface area contributed by atoms with E-state index in [0.29, 0.717) is 12.1 Å². The van der Waals surface area contributed by atoms with Crippen LogP contribution in [0.25, 0.3) is 0 Å². The normalized spacial score (nSPS) is 11.6. The molecule has 1 atom stereocenters. The number of aryl methyl sites for hydroxylation is 1. The minimum atomic E-state index is -0.832. The number of nitrogens with one attached hydrogen (secondary N) is 1. The van der Waals surface area contributed by atoms with Crippen LogP contribution in [0.1, 0.15) is 18.9 Å². The molecule has 120 valence electrons. The molecule has 0 bridgehead atoms. The zero-order valence-electron chi connectivity index (χ0n) is 12.8. The molecule has 23 heavy (non-hydrogen) atoms. The second-order valence-electron chi connectivity index (χ2n) is 5.11. The van der Waals surface area contributed by atoms with E-state index in [1.165, 1.54) is 0 Å². The summed E-state index contributed by atoms with van der Waals surface area (Å²) in [5.41, 5.74) is 1.72. The van der Waals surface area contributed by atoms with E-state index in [-0.39, 0.29) is 18.3 Å². The van der Waals surface area contributed by atoms with Crippen LogP contribution in [0.3, 0.4) is 0 Å². The maximum Gasteiger partial charge on any atom is 0.306 e. The fourth-order valence-electron chi connectivity index (χ4n) is 1.98. The Labute approximate surface area is 144 Å². The van der Waals surface area contributed by atoms with E-state index in [1.54, 1.807) is 19.1 Å². The lowest BCUT2D eigenvalue weighted by Gasteiger charge is -2.13. The van der Waals surface area contributed by atoms with E-state index in [2.05, 4.69) is 21.2 Å². The Morgan fingerprint density at radius 3 is 2.39 bits per heavy atom. The summed E-state index contributed by atoms with van der Waals surface area (Å²) in [6, 6.07) is 16.9. The quantitative estimate of drug-likeness (QED) is 0.777. The molecular weight excluding hydrogens is 358 g/mol. The molecular formula is C18H18BrNO3. The Morgan fingerprint density at radius 1 is 1.09 bits per heavy atom. The van der Waals surface area contributed by atoms with Gasteiger partial charge in [-0.25, -0.2) is 0 Å². The van der Waals surface area contributed by atoms with Gasteiger partial charge in [0.1, 0.15) is 0 Å². The van der Waals surface area contributed by atoms with Crippen LogP contribution in [0.2, 0.25) is 0 Å². The Morgan fingerprint density at radius 2 is 1.74 bits per heavy atom. The van der Waals surface area contributed by atoms with Crippen LogP contribution < -0.4 is 5.32 Å². The fraction of sp³-hybridized carbons (Fsp3) is 0.222. The first kappa shape index (κ1) is 17.2. The summed E-state index contributed by atoms with van der Waals surface area (Å²) in [6.07, 6.45) is 0.0163. The first-order valence-electron chi connectivity index (χ1n) is 7.34. The lowest BCUT2D eigenvalue weighted by atomic mass is 10.1. The van der Waals surface area contributed by atoms with Crippen molar-refractivity contribution < 1.29 is 14.3 Å². The number of halogens is 1. The summed E-state index contributed by atoms with van der Waals surface area (Å²) >= 11 is 3.33. The number of carbonyl (C=O) groups excluding carboxylic acids is 2. The molecule has 0 heterocycles. The van der Waals surface area contributed by atoms with Crippen molar-refractivity contribution in [2.24, 2.45) is 0 Å². The number of anilines is 1. The fourth-order valence-corrected chi connectivity index (χ4v) is 2.24. The summed E-state index contributed by atoms with van der Waals surface area (Å²) in [7, 11) is 0. The first-order valence-corrected chi connectivity index (χ1v) is 8.14. The van der Waals surface area contributed by atoms with Crippen LogP contribution in [0, 0.1) is 0 Å². The lowest BCUT2D eigenvalue weighted by molar-refractivity contribution is -0.153. The molecule has 0 fully saturated rings. The number of amides is 1. The summed E-state index contributed by atoms with van der Waals surface area (Å²) in [4.78, 5) is 23.8. The maximum absolute atomic E-state index is 12.0. The van der Waals surface area contributed by atoms with Crippen LogP contribution in [0.4, 0.5) is 5.69 Å². The second kappa shape index (κ2) is 8.48. The molecule has 0 aromatic heterocycles. The van der Waals surface area contributed by atoms with Crippen LogP contribution in [-0.2, 0) is 20.7 Å². The minimum Gasteiger partial charge on any atom is -0.453 e. The molecule has 4 nitrogen and oxygen atoms in total. The molecule has 2 rings (SSSR count). The van der Waals surface area contributed by atoms with Gasteiger partial charge in [0.15, 0.2) is 6.10 Å². The molecule has 0 aliphatic carbocycles. The van der Waals surface area contributed by atoms with E-state index >= 15 is 0 Å². The van der Waals surface area contributed by atoms with Gasteiger partial charge >= 0.3 is 5.97 Å². The summed E-state index contributed by atoms with van der Waals surface area (Å²) in [5, 5.41) is 2.71. The molecule has 0 radical (unpaired) electrons. The van der Waals surface area contributed by atoms with Crippen molar-refractivity contribution in [3.05, 3.63) is 64.6 Å². The van der Waals surface area contributed by atoms with Crippen molar-refractivity contribution in [1.82, 2.24) is 0 Å². The molecule has 1 N–H and O–H groups in total. The topological polar surface area (TPSA) is 55.4 Å². The highest BCUT2D eigenvalue weighted by molar-refractivity contribution is 9.10. The van der Waals surface area contributed by atoms with Gasteiger partial charge < -0.3 is 10.1 Å². The molecule has 0 saturated carbocycles. The van der Waals surface area contributed by atoms with Crippen molar-refractivity contribution in [2.45, 2.75) is 25.9 Å². The number of hydrogen-bond donors (Lipinski definition) is 1. The molecule has 0 saturated heterocycles. The van der Waals surface area contributed by atoms with Gasteiger partial charge in [-0.2, -0.15) is 0 Å². The van der Waals surface area contributed by atoms with Gasteiger partial charge in [-0.05, 0) is 43.2 Å². The van der Waals surface area contributed by atoms with Gasteiger partial charge in [-0.1, -0.05) is 46.3 Å². The zero-order chi connectivity index (χ0) is 16.7. The van der Waals surface area contributed by atoms with E-state index in [0.717, 1.165) is 10.0 Å². The average molecular weight is 376 g/mol. The first-order chi connectivity index (χ1) is 11.0. The van der Waals surface area contributed by atoms with E-state index in [1.807, 2.05) is 42.5 Å². The van der Waals surface area contributed by atoms with Gasteiger partial charge in [0.05, 0.1) is 0 Å². The summed E-state index contributed by atoms with van der Waals surface area (Å²) < 4.78 is 6.10. The number of benzene rings is 2. The third kappa shape index (κ3) is 5.87. The monoisotopic (exact) mass is 375 g/mol. The Hall–Kier alpha value is -2.14. The standard InChI is InChI=1S/C18H18BrNO3/c1-13(18(22)20-16-10-8-15(19)9-11-16)23-17(21)12-7-14-5-3-2-4-6-14/h2-6,8-11,13H,7,12H2,1H3,(H,20,22)/t13-/m0/s1. The van der Waals surface area contributed by atoms with Gasteiger partial charge in [0, 0.05) is 16.6 Å². The van der Waals surface area contributed by atoms with E-state index in [4.69, 9.17) is 4.74 Å². The van der Waals surface area contributed by atoms with Crippen molar-refractivity contribution >= 4 is 33.5 Å². The number of hydrogen-bond acceptors (Lipinski definition) is 3. The van der Waals surface area contributed by atoms with E-state index < -0.39 is 6.10 Å². The lowest BCUT2D eigenvalue weighted by Crippen LogP contribution is -2.30. The van der Waals surface area contributed by atoms with E-state index in [9.17, 15) is 9.59 Å². The van der Waals surface area contributed by atoms with Crippen molar-refractivity contribution in [2.75, 3.05) is 5.32 Å². The van der Waals surface area contributed by atoms with Crippen molar-refractivity contribution in [3.63, 3.8) is 0 Å². The minimum absolute atomic E-state index is 0.250. The number of rotatable bonds is 6. The van der Waals surface area contributed by atoms with Gasteiger partial charge in [0.25, 0.3) is 5.91 Å². The smallest absolute Gasteiger partial charge is 0.306 e. The van der Waals surface area contributed by atoms with Crippen LogP contribution >= 0.6 is 15.9 Å². The maximum atomic E-state index is 12.0. The van der Waals surface area contributed by atoms with Gasteiger partial charge in [-0.15, -0.1) is 0 Å². The zero-order valence-corrected chi connectivity index (χ0v) is 14.4. The SMILES string of the molecule is C[C@H](OC(=O)CCc1ccccc1)C(=O)Nc1ccc(Br)cc1. The molecule has 0 aliphatic heterocycles. The number of carbonyl (C=O) groups is 2. The van der Waals surface area contributed by atoms with Crippen LogP contribution in [0.5, 0.6) is 0 Å². The Kier molecular flexibility index (Phi) is 6.35. The Bertz CT molecular complexity index is 656. The molecule has 2 aromatic rings. The van der Waals surface area contributed by atoms with Crippen LogP contribution in [0.15, 0.2) is 59.1 Å². The molecule has 0 unspecified atom stereocenters. The molecule has 0 aliphatic rings. The highest BCUT2D eigenvalue weighted by atomic mass is 79.9. The van der Waals surface area contributed by atoms with Gasteiger partial charge in [0.2, 0.25) is 0 Å².